The number of aromatic nitrogens is 2. The standard InChI is InChI=1S/C13H15N3O3/c1-7-4-5-8(2)10(6-7)12(17)14-9(3)11-15-13(18)19-16-11/h4-6,9H,1-3H3,(H,14,17)(H,15,16,18). The second kappa shape index (κ2) is 5.09. The van der Waals surface area contributed by atoms with Crippen LogP contribution in [-0.2, 0) is 0 Å². The fourth-order valence-corrected chi connectivity index (χ4v) is 1.75. The summed E-state index contributed by atoms with van der Waals surface area (Å²) in [5.74, 6) is -0.552. The highest BCUT2D eigenvalue weighted by molar-refractivity contribution is 5.96. The Morgan fingerprint density at radius 1 is 1.42 bits per heavy atom. The van der Waals surface area contributed by atoms with Crippen LogP contribution in [0, 0.1) is 13.8 Å². The van der Waals surface area contributed by atoms with E-state index in [4.69, 9.17) is 0 Å². The average Bonchev–Trinajstić information content (AvgIpc) is 2.79. The first-order chi connectivity index (χ1) is 8.97. The van der Waals surface area contributed by atoms with Crippen LogP contribution in [0.4, 0.5) is 0 Å². The molecule has 19 heavy (non-hydrogen) atoms. The van der Waals surface area contributed by atoms with E-state index in [1.165, 1.54) is 0 Å². The number of H-pyrrole nitrogens is 1. The monoisotopic (exact) mass is 261 g/mol. The number of nitrogens with zero attached hydrogens (tertiary/aromatic N) is 1. The molecule has 1 amide bonds. The van der Waals surface area contributed by atoms with Crippen molar-refractivity contribution in [2.75, 3.05) is 0 Å². The Bertz CT molecular complexity index is 657. The van der Waals surface area contributed by atoms with Crippen LogP contribution in [0.25, 0.3) is 0 Å². The lowest BCUT2D eigenvalue weighted by Crippen LogP contribution is -2.28. The lowest BCUT2D eigenvalue weighted by atomic mass is 10.0. The number of amides is 1. The lowest BCUT2D eigenvalue weighted by molar-refractivity contribution is 0.0937. The Morgan fingerprint density at radius 3 is 2.79 bits per heavy atom. The average molecular weight is 261 g/mol. The number of hydrogen-bond donors (Lipinski definition) is 2. The molecule has 0 bridgehead atoms. The molecule has 0 aliphatic rings. The van der Waals surface area contributed by atoms with Crippen LogP contribution < -0.4 is 11.1 Å². The number of aryl methyl sites for hydroxylation is 2. The molecule has 1 atom stereocenters. The third-order valence-electron chi connectivity index (χ3n) is 2.85. The molecule has 100 valence electrons. The molecule has 6 nitrogen and oxygen atoms in total. The minimum absolute atomic E-state index is 0.211. The van der Waals surface area contributed by atoms with E-state index in [-0.39, 0.29) is 5.91 Å². The lowest BCUT2D eigenvalue weighted by Gasteiger charge is -2.12. The van der Waals surface area contributed by atoms with Crippen molar-refractivity contribution in [1.82, 2.24) is 15.5 Å². The maximum absolute atomic E-state index is 12.1. The Morgan fingerprint density at radius 2 is 2.16 bits per heavy atom. The molecule has 1 heterocycles. The number of rotatable bonds is 3. The highest BCUT2D eigenvalue weighted by Crippen LogP contribution is 2.12. The number of aromatic amines is 1. The van der Waals surface area contributed by atoms with E-state index in [0.717, 1.165) is 11.1 Å². The zero-order valence-corrected chi connectivity index (χ0v) is 11.0. The predicted molar refractivity (Wildman–Crippen MR) is 68.9 cm³/mol. The van der Waals surface area contributed by atoms with Crippen molar-refractivity contribution < 1.29 is 9.32 Å². The largest absolute Gasteiger partial charge is 0.438 e. The Kier molecular flexibility index (Phi) is 3.50. The first kappa shape index (κ1) is 13.1. The molecule has 2 N–H and O–H groups in total. The van der Waals surface area contributed by atoms with Crippen molar-refractivity contribution >= 4 is 5.91 Å². The third kappa shape index (κ3) is 2.90. The Labute approximate surface area is 109 Å². The van der Waals surface area contributed by atoms with E-state index >= 15 is 0 Å². The van der Waals surface area contributed by atoms with E-state index in [9.17, 15) is 9.59 Å². The van der Waals surface area contributed by atoms with Gasteiger partial charge in [0.05, 0.1) is 6.04 Å². The summed E-state index contributed by atoms with van der Waals surface area (Å²) in [6, 6.07) is 5.24. The summed E-state index contributed by atoms with van der Waals surface area (Å²) in [6.07, 6.45) is 0. The maximum Gasteiger partial charge on any atom is 0.438 e. The smallest absolute Gasteiger partial charge is 0.342 e. The van der Waals surface area contributed by atoms with E-state index in [1.54, 1.807) is 6.92 Å². The molecule has 0 spiro atoms. The van der Waals surface area contributed by atoms with Gasteiger partial charge in [-0.25, -0.2) is 4.79 Å². The van der Waals surface area contributed by atoms with Crippen LogP contribution in [-0.4, -0.2) is 16.0 Å². The molecule has 0 saturated carbocycles. The number of carbonyl (C=O) groups is 1. The molecule has 0 aliphatic carbocycles. The first-order valence-corrected chi connectivity index (χ1v) is 5.91. The molecule has 2 aromatic rings. The van der Waals surface area contributed by atoms with Crippen molar-refractivity contribution in [3.63, 3.8) is 0 Å². The van der Waals surface area contributed by atoms with Gasteiger partial charge in [-0.3, -0.25) is 14.3 Å². The number of benzene rings is 1. The first-order valence-electron chi connectivity index (χ1n) is 5.91. The van der Waals surface area contributed by atoms with Crippen LogP contribution in [0.1, 0.15) is 40.3 Å². The van der Waals surface area contributed by atoms with Gasteiger partial charge < -0.3 is 5.32 Å². The van der Waals surface area contributed by atoms with Gasteiger partial charge in [-0.1, -0.05) is 22.9 Å². The minimum atomic E-state index is -0.636. The molecule has 0 saturated heterocycles. The van der Waals surface area contributed by atoms with Crippen LogP contribution >= 0.6 is 0 Å². The predicted octanol–water partition coefficient (Wildman–Crippen LogP) is 1.47. The molecule has 0 aliphatic heterocycles. The molecule has 1 aromatic heterocycles. The Hall–Kier alpha value is -2.37. The SMILES string of the molecule is Cc1ccc(C)c(C(=O)NC(C)c2noc(=O)[nH]2)c1. The molecule has 1 unspecified atom stereocenters. The highest BCUT2D eigenvalue weighted by atomic mass is 16.5. The summed E-state index contributed by atoms with van der Waals surface area (Å²) < 4.78 is 4.40. The molecule has 2 rings (SSSR count). The number of hydrogen-bond acceptors (Lipinski definition) is 4. The van der Waals surface area contributed by atoms with Gasteiger partial charge in [-0.05, 0) is 32.4 Å². The van der Waals surface area contributed by atoms with Crippen LogP contribution in [0.15, 0.2) is 27.5 Å². The third-order valence-corrected chi connectivity index (χ3v) is 2.85. The van der Waals surface area contributed by atoms with Gasteiger partial charge >= 0.3 is 5.76 Å². The topological polar surface area (TPSA) is 88.0 Å². The minimum Gasteiger partial charge on any atom is -0.342 e. The molecular weight excluding hydrogens is 246 g/mol. The van der Waals surface area contributed by atoms with Gasteiger partial charge in [0, 0.05) is 5.56 Å². The number of nitrogens with one attached hydrogen (secondary N) is 2. The summed E-state index contributed by atoms with van der Waals surface area (Å²) in [7, 11) is 0. The van der Waals surface area contributed by atoms with Gasteiger partial charge in [0.1, 0.15) is 0 Å². The van der Waals surface area contributed by atoms with E-state index in [2.05, 4.69) is 20.0 Å². The van der Waals surface area contributed by atoms with Gasteiger partial charge in [0.25, 0.3) is 5.91 Å². The van der Waals surface area contributed by atoms with Crippen molar-refractivity contribution in [1.29, 1.82) is 0 Å². The quantitative estimate of drug-likeness (QED) is 0.875. The maximum atomic E-state index is 12.1. The number of carbonyl (C=O) groups excluding carboxylic acids is 1. The van der Waals surface area contributed by atoms with Crippen LogP contribution in [0.3, 0.4) is 0 Å². The molecule has 6 heteroatoms. The van der Waals surface area contributed by atoms with Gasteiger partial charge in [0.2, 0.25) is 0 Å². The van der Waals surface area contributed by atoms with Crippen molar-refractivity contribution in [3.05, 3.63) is 51.3 Å². The summed E-state index contributed by atoms with van der Waals surface area (Å²) >= 11 is 0. The zero-order valence-electron chi connectivity index (χ0n) is 11.0. The molecule has 0 radical (unpaired) electrons. The van der Waals surface area contributed by atoms with Gasteiger partial charge in [0.15, 0.2) is 5.82 Å². The fraction of sp³-hybridized carbons (Fsp3) is 0.308. The van der Waals surface area contributed by atoms with Gasteiger partial charge in [-0.15, -0.1) is 0 Å². The van der Waals surface area contributed by atoms with E-state index in [1.807, 2.05) is 32.0 Å². The summed E-state index contributed by atoms with van der Waals surface area (Å²) in [4.78, 5) is 25.4. The second-order valence-corrected chi connectivity index (χ2v) is 4.49. The van der Waals surface area contributed by atoms with Gasteiger partial charge in [-0.2, -0.15) is 0 Å². The molecular formula is C13H15N3O3. The Balaban J connectivity index is 2.17. The summed E-state index contributed by atoms with van der Waals surface area (Å²) in [5, 5.41) is 6.31. The summed E-state index contributed by atoms with van der Waals surface area (Å²) in [5.41, 5.74) is 2.51. The van der Waals surface area contributed by atoms with Crippen molar-refractivity contribution in [2.24, 2.45) is 0 Å². The van der Waals surface area contributed by atoms with Crippen LogP contribution in [0.2, 0.25) is 0 Å². The van der Waals surface area contributed by atoms with Crippen LogP contribution in [0.5, 0.6) is 0 Å². The normalized spacial score (nSPS) is 12.2. The molecule has 1 aromatic carbocycles. The fourth-order valence-electron chi connectivity index (χ4n) is 1.75. The van der Waals surface area contributed by atoms with Crippen molar-refractivity contribution in [3.8, 4) is 0 Å². The van der Waals surface area contributed by atoms with Crippen molar-refractivity contribution in [2.45, 2.75) is 26.8 Å². The summed E-state index contributed by atoms with van der Waals surface area (Å²) in [6.45, 7) is 5.52. The molecule has 0 fully saturated rings. The van der Waals surface area contributed by atoms with E-state index < -0.39 is 11.8 Å². The second-order valence-electron chi connectivity index (χ2n) is 4.49. The highest BCUT2D eigenvalue weighted by Gasteiger charge is 2.16. The zero-order chi connectivity index (χ0) is 14.0. The van der Waals surface area contributed by atoms with E-state index in [0.29, 0.717) is 11.4 Å².